The van der Waals surface area contributed by atoms with Gasteiger partial charge in [-0.1, -0.05) is 12.1 Å². The molecule has 1 N–H and O–H groups in total. The number of carbonyl (C=O) groups excluding carboxylic acids is 2. The highest BCUT2D eigenvalue weighted by Gasteiger charge is 2.15. The molecule has 5 heteroatoms. The van der Waals surface area contributed by atoms with Crippen LogP contribution in [0, 0.1) is 0 Å². The number of rotatable bonds is 8. The van der Waals surface area contributed by atoms with E-state index >= 15 is 0 Å². The molecule has 26 heavy (non-hydrogen) atoms. The van der Waals surface area contributed by atoms with Crippen LogP contribution in [0.5, 0.6) is 0 Å². The molecule has 0 saturated carbocycles. The van der Waals surface area contributed by atoms with Crippen LogP contribution in [0.15, 0.2) is 35.7 Å². The molecule has 0 radical (unpaired) electrons. The summed E-state index contributed by atoms with van der Waals surface area (Å²) in [6.45, 7) is 3.17. The fourth-order valence-electron chi connectivity index (χ4n) is 3.28. The normalized spacial score (nSPS) is 16.6. The van der Waals surface area contributed by atoms with Crippen molar-refractivity contribution in [3.05, 3.63) is 46.2 Å². The molecule has 1 saturated heterocycles. The Balaban J connectivity index is 1.47. The smallest absolute Gasteiger partial charge is 0.251 e. The minimum atomic E-state index is -0.0502. The largest absolute Gasteiger partial charge is 0.378 e. The van der Waals surface area contributed by atoms with Crippen molar-refractivity contribution in [1.82, 2.24) is 5.32 Å². The average molecular weight is 372 g/mol. The van der Waals surface area contributed by atoms with Gasteiger partial charge in [-0.15, -0.1) is 11.3 Å². The summed E-state index contributed by atoms with van der Waals surface area (Å²) in [5.41, 5.74) is 2.54. The van der Waals surface area contributed by atoms with Gasteiger partial charge in [0.1, 0.15) is 0 Å². The highest BCUT2D eigenvalue weighted by Crippen LogP contribution is 2.28. The van der Waals surface area contributed by atoms with Crippen LogP contribution in [0.4, 0.5) is 0 Å². The van der Waals surface area contributed by atoms with Crippen molar-refractivity contribution in [2.45, 2.75) is 45.1 Å². The number of benzene rings is 1. The lowest BCUT2D eigenvalue weighted by atomic mass is 10.0. The first kappa shape index (κ1) is 18.8. The third kappa shape index (κ3) is 4.80. The molecule has 2 heterocycles. The summed E-state index contributed by atoms with van der Waals surface area (Å²) in [6, 6.07) is 9.39. The van der Waals surface area contributed by atoms with Crippen molar-refractivity contribution in [2.75, 3.05) is 13.2 Å². The van der Waals surface area contributed by atoms with E-state index in [1.165, 1.54) is 24.2 Å². The van der Waals surface area contributed by atoms with Gasteiger partial charge in [-0.2, -0.15) is 0 Å². The van der Waals surface area contributed by atoms with Gasteiger partial charge in [0.25, 0.3) is 5.91 Å². The molecule has 1 atom stereocenters. The molecule has 4 nitrogen and oxygen atoms in total. The number of amides is 1. The lowest BCUT2D eigenvalue weighted by Crippen LogP contribution is -2.24. The Bertz CT molecular complexity index is 745. The zero-order valence-corrected chi connectivity index (χ0v) is 15.9. The van der Waals surface area contributed by atoms with Crippen LogP contribution in [-0.4, -0.2) is 30.9 Å². The molecule has 0 unspecified atom stereocenters. The van der Waals surface area contributed by atoms with Gasteiger partial charge in [-0.3, -0.25) is 9.59 Å². The summed E-state index contributed by atoms with van der Waals surface area (Å²) in [6.07, 6.45) is 5.92. The molecule has 0 aliphatic carbocycles. The van der Waals surface area contributed by atoms with E-state index in [1.807, 2.05) is 35.7 Å². The molecule has 1 aromatic heterocycles. The number of nitrogens with one attached hydrogen (secondary N) is 1. The Labute approximate surface area is 158 Å². The monoisotopic (exact) mass is 371 g/mol. The van der Waals surface area contributed by atoms with Gasteiger partial charge < -0.3 is 10.1 Å². The van der Waals surface area contributed by atoms with Gasteiger partial charge in [0.2, 0.25) is 0 Å². The molecule has 1 aromatic carbocycles. The molecular formula is C21H25NO3S. The number of unbranched alkanes of at least 4 members (excludes halogenated alkanes) is 1. The van der Waals surface area contributed by atoms with E-state index in [2.05, 4.69) is 5.32 Å². The van der Waals surface area contributed by atoms with Crippen molar-refractivity contribution in [3.8, 4) is 11.1 Å². The lowest BCUT2D eigenvalue weighted by Gasteiger charge is -2.09. The number of ketones is 1. The molecular weight excluding hydrogens is 346 g/mol. The van der Waals surface area contributed by atoms with Gasteiger partial charge in [0.05, 0.1) is 11.0 Å². The molecule has 2 aromatic rings. The fraction of sp³-hybridized carbons (Fsp3) is 0.429. The summed E-state index contributed by atoms with van der Waals surface area (Å²) in [4.78, 5) is 24.7. The minimum Gasteiger partial charge on any atom is -0.378 e. The topological polar surface area (TPSA) is 55.4 Å². The highest BCUT2D eigenvalue weighted by molar-refractivity contribution is 7.12. The van der Waals surface area contributed by atoms with Crippen molar-refractivity contribution in [1.29, 1.82) is 0 Å². The van der Waals surface area contributed by atoms with Crippen LogP contribution in [0.1, 0.15) is 59.1 Å². The second-order valence-electron chi connectivity index (χ2n) is 6.68. The van der Waals surface area contributed by atoms with Crippen LogP contribution in [0.2, 0.25) is 0 Å². The SMILES string of the molecule is CC(=O)c1sccc1-c1ccc(C(=O)NCCCC[C@H]2CCCO2)cc1. The molecule has 3 rings (SSSR count). The van der Waals surface area contributed by atoms with Gasteiger partial charge >= 0.3 is 0 Å². The van der Waals surface area contributed by atoms with Crippen molar-refractivity contribution < 1.29 is 14.3 Å². The van der Waals surface area contributed by atoms with Crippen molar-refractivity contribution >= 4 is 23.0 Å². The van der Waals surface area contributed by atoms with E-state index in [-0.39, 0.29) is 11.7 Å². The lowest BCUT2D eigenvalue weighted by molar-refractivity contribution is 0.0946. The van der Waals surface area contributed by atoms with E-state index in [4.69, 9.17) is 4.74 Å². The average Bonchev–Trinajstić information content (AvgIpc) is 3.33. The predicted octanol–water partition coefficient (Wildman–Crippen LogP) is 4.70. The summed E-state index contributed by atoms with van der Waals surface area (Å²) in [7, 11) is 0. The van der Waals surface area contributed by atoms with Crippen LogP contribution in [0.25, 0.3) is 11.1 Å². The molecule has 0 spiro atoms. The van der Waals surface area contributed by atoms with Gasteiger partial charge in [-0.25, -0.2) is 0 Å². The highest BCUT2D eigenvalue weighted by atomic mass is 32.1. The number of carbonyl (C=O) groups is 2. The number of thiophene rings is 1. The van der Waals surface area contributed by atoms with Crippen LogP contribution >= 0.6 is 11.3 Å². The summed E-state index contributed by atoms with van der Waals surface area (Å²) >= 11 is 1.45. The number of hydrogen-bond acceptors (Lipinski definition) is 4. The third-order valence-corrected chi connectivity index (χ3v) is 5.72. The first-order valence-corrected chi connectivity index (χ1v) is 10.1. The number of Topliss-reactive ketones (excluding diaryl/α,β-unsaturated/α-hetero) is 1. The number of hydrogen-bond donors (Lipinski definition) is 1. The molecule has 1 fully saturated rings. The van der Waals surface area contributed by atoms with E-state index < -0.39 is 0 Å². The van der Waals surface area contributed by atoms with Gasteiger partial charge in [-0.05, 0) is 68.2 Å². The first-order valence-electron chi connectivity index (χ1n) is 9.24. The van der Waals surface area contributed by atoms with Crippen LogP contribution in [0.3, 0.4) is 0 Å². The maximum Gasteiger partial charge on any atom is 0.251 e. The number of ether oxygens (including phenoxy) is 1. The summed E-state index contributed by atoms with van der Waals surface area (Å²) < 4.78 is 5.61. The Hall–Kier alpha value is -1.98. The van der Waals surface area contributed by atoms with E-state index in [0.717, 1.165) is 41.9 Å². The fourth-order valence-corrected chi connectivity index (χ4v) is 4.10. The molecule has 1 aliphatic rings. The molecule has 138 valence electrons. The standard InChI is InChI=1S/C21H25NO3S/c1-15(23)20-19(11-14-26-20)16-7-9-17(10-8-16)21(24)22-12-3-2-5-18-6-4-13-25-18/h7-11,14,18H,2-6,12-13H2,1H3,(H,22,24)/t18-/m0/s1. The Morgan fingerprint density at radius 3 is 2.69 bits per heavy atom. The third-order valence-electron chi connectivity index (χ3n) is 4.71. The maximum absolute atomic E-state index is 12.2. The second-order valence-corrected chi connectivity index (χ2v) is 7.60. The Kier molecular flexibility index (Phi) is 6.58. The van der Waals surface area contributed by atoms with Crippen LogP contribution < -0.4 is 5.32 Å². The predicted molar refractivity (Wildman–Crippen MR) is 105 cm³/mol. The zero-order valence-electron chi connectivity index (χ0n) is 15.1. The van der Waals surface area contributed by atoms with Gasteiger partial charge in [0.15, 0.2) is 5.78 Å². The van der Waals surface area contributed by atoms with E-state index in [0.29, 0.717) is 18.2 Å². The Morgan fingerprint density at radius 1 is 1.19 bits per heavy atom. The van der Waals surface area contributed by atoms with E-state index in [9.17, 15) is 9.59 Å². The molecule has 1 amide bonds. The van der Waals surface area contributed by atoms with Crippen molar-refractivity contribution in [3.63, 3.8) is 0 Å². The second kappa shape index (κ2) is 9.10. The first-order chi connectivity index (χ1) is 12.6. The Morgan fingerprint density at radius 2 is 2.00 bits per heavy atom. The van der Waals surface area contributed by atoms with E-state index in [1.54, 1.807) is 6.92 Å². The van der Waals surface area contributed by atoms with Crippen molar-refractivity contribution in [2.24, 2.45) is 0 Å². The summed E-state index contributed by atoms with van der Waals surface area (Å²) in [5.74, 6) is 0.0191. The minimum absolute atomic E-state index is 0.0502. The quantitative estimate of drug-likeness (QED) is 0.541. The molecule has 0 bridgehead atoms. The zero-order chi connectivity index (χ0) is 18.4. The van der Waals surface area contributed by atoms with Gasteiger partial charge in [0, 0.05) is 24.3 Å². The maximum atomic E-state index is 12.2. The summed E-state index contributed by atoms with van der Waals surface area (Å²) in [5, 5.41) is 4.90. The molecule has 1 aliphatic heterocycles. The van der Waals surface area contributed by atoms with Crippen LogP contribution in [-0.2, 0) is 4.74 Å².